The van der Waals surface area contributed by atoms with Crippen molar-refractivity contribution < 1.29 is 18.3 Å². The normalized spacial score (nSPS) is 18.7. The summed E-state index contributed by atoms with van der Waals surface area (Å²) in [6.45, 7) is 4.77. The molecule has 1 unspecified atom stereocenters. The number of aromatic nitrogens is 1. The predicted molar refractivity (Wildman–Crippen MR) is 78.4 cm³/mol. The van der Waals surface area contributed by atoms with Crippen LogP contribution in [-0.4, -0.2) is 27.8 Å². The highest BCUT2D eigenvalue weighted by molar-refractivity contribution is 5.87. The monoisotopic (exact) mass is 312 g/mol. The Balaban J connectivity index is 2.27. The van der Waals surface area contributed by atoms with E-state index < -0.39 is 11.8 Å². The third kappa shape index (κ3) is 2.13. The standard InChI is InChI=1S/C16H19F3N2O/c1-4-21-9-13(15(2,22)16(17,18)19)12-5-10-7-20(3)8-11(10)6-14(12)21/h5-6,9,22H,4,7-8H2,1-3H3. The quantitative estimate of drug-likeness (QED) is 0.921. The molecule has 3 rings (SSSR count). The molecule has 0 spiro atoms. The molecule has 0 radical (unpaired) electrons. The van der Waals surface area contributed by atoms with Gasteiger partial charge in [0.2, 0.25) is 0 Å². The van der Waals surface area contributed by atoms with Gasteiger partial charge in [0, 0.05) is 42.3 Å². The van der Waals surface area contributed by atoms with E-state index in [9.17, 15) is 18.3 Å². The number of hydrogen-bond donors (Lipinski definition) is 1. The maximum atomic E-state index is 13.2. The van der Waals surface area contributed by atoms with Crippen LogP contribution in [0.3, 0.4) is 0 Å². The van der Waals surface area contributed by atoms with Crippen molar-refractivity contribution in [3.05, 3.63) is 35.0 Å². The van der Waals surface area contributed by atoms with E-state index in [4.69, 9.17) is 0 Å². The Hall–Kier alpha value is -1.53. The van der Waals surface area contributed by atoms with Crippen molar-refractivity contribution in [3.63, 3.8) is 0 Å². The lowest BCUT2D eigenvalue weighted by molar-refractivity contribution is -0.258. The summed E-state index contributed by atoms with van der Waals surface area (Å²) < 4.78 is 41.5. The van der Waals surface area contributed by atoms with E-state index in [2.05, 4.69) is 4.90 Å². The van der Waals surface area contributed by atoms with Crippen LogP contribution in [0.2, 0.25) is 0 Å². The van der Waals surface area contributed by atoms with Crippen LogP contribution >= 0.6 is 0 Å². The minimum Gasteiger partial charge on any atom is -0.376 e. The zero-order valence-electron chi connectivity index (χ0n) is 12.8. The summed E-state index contributed by atoms with van der Waals surface area (Å²) in [5, 5.41) is 10.6. The van der Waals surface area contributed by atoms with Crippen molar-refractivity contribution in [2.75, 3.05) is 7.05 Å². The molecule has 0 saturated heterocycles. The Kier molecular flexibility index (Phi) is 3.30. The number of fused-ring (bicyclic) bond motifs is 2. The predicted octanol–water partition coefficient (Wildman–Crippen LogP) is 3.38. The van der Waals surface area contributed by atoms with Crippen molar-refractivity contribution >= 4 is 10.9 Å². The minimum absolute atomic E-state index is 0.0748. The van der Waals surface area contributed by atoms with Gasteiger partial charge in [-0.25, -0.2) is 0 Å². The van der Waals surface area contributed by atoms with Crippen molar-refractivity contribution in [2.45, 2.75) is 45.3 Å². The molecule has 0 fully saturated rings. The van der Waals surface area contributed by atoms with Crippen LogP contribution in [0.5, 0.6) is 0 Å². The number of aryl methyl sites for hydroxylation is 1. The fourth-order valence-electron chi connectivity index (χ4n) is 3.16. The highest BCUT2D eigenvalue weighted by Crippen LogP contribution is 2.43. The Labute approximate surface area is 126 Å². The van der Waals surface area contributed by atoms with Crippen LogP contribution in [0.4, 0.5) is 13.2 Å². The molecule has 2 aromatic rings. The third-order valence-electron chi connectivity index (χ3n) is 4.50. The van der Waals surface area contributed by atoms with Crippen molar-refractivity contribution in [1.82, 2.24) is 9.47 Å². The molecule has 1 N–H and O–H groups in total. The van der Waals surface area contributed by atoms with Crippen molar-refractivity contribution in [2.24, 2.45) is 0 Å². The smallest absolute Gasteiger partial charge is 0.376 e. The van der Waals surface area contributed by atoms with Crippen molar-refractivity contribution in [1.29, 1.82) is 0 Å². The number of rotatable bonds is 2. The van der Waals surface area contributed by atoms with Gasteiger partial charge < -0.3 is 9.67 Å². The molecule has 1 aromatic carbocycles. The molecule has 0 amide bonds. The molecular weight excluding hydrogens is 293 g/mol. The van der Waals surface area contributed by atoms with Gasteiger partial charge in [0.05, 0.1) is 0 Å². The van der Waals surface area contributed by atoms with Gasteiger partial charge in [-0.2, -0.15) is 13.2 Å². The van der Waals surface area contributed by atoms with Gasteiger partial charge in [0.25, 0.3) is 0 Å². The lowest BCUT2D eigenvalue weighted by Gasteiger charge is -2.26. The van der Waals surface area contributed by atoms with Crippen LogP contribution in [0.15, 0.2) is 18.3 Å². The fourth-order valence-corrected chi connectivity index (χ4v) is 3.16. The fraction of sp³-hybridized carbons (Fsp3) is 0.500. The molecular formula is C16H19F3N2O. The lowest BCUT2D eigenvalue weighted by atomic mass is 9.93. The Morgan fingerprint density at radius 3 is 2.32 bits per heavy atom. The van der Waals surface area contributed by atoms with Gasteiger partial charge >= 0.3 is 6.18 Å². The largest absolute Gasteiger partial charge is 0.421 e. The van der Waals surface area contributed by atoms with Crippen LogP contribution < -0.4 is 0 Å². The molecule has 1 aliphatic rings. The number of benzene rings is 1. The average Bonchev–Trinajstić information content (AvgIpc) is 2.93. The van der Waals surface area contributed by atoms with Gasteiger partial charge in [-0.15, -0.1) is 0 Å². The van der Waals surface area contributed by atoms with Gasteiger partial charge in [0.15, 0.2) is 5.60 Å². The molecule has 0 saturated carbocycles. The van der Waals surface area contributed by atoms with Gasteiger partial charge in [-0.1, -0.05) is 0 Å². The lowest BCUT2D eigenvalue weighted by Crippen LogP contribution is -2.39. The average molecular weight is 312 g/mol. The van der Waals surface area contributed by atoms with E-state index in [1.54, 1.807) is 10.6 Å². The van der Waals surface area contributed by atoms with E-state index >= 15 is 0 Å². The van der Waals surface area contributed by atoms with Crippen LogP contribution in [-0.2, 0) is 25.2 Å². The second-order valence-corrected chi connectivity index (χ2v) is 6.21. The van der Waals surface area contributed by atoms with Gasteiger partial charge in [-0.05, 0) is 44.2 Å². The number of nitrogens with zero attached hydrogens (tertiary/aromatic N) is 2. The van der Waals surface area contributed by atoms with E-state index in [1.165, 1.54) is 6.20 Å². The molecule has 120 valence electrons. The first kappa shape index (κ1) is 15.4. The molecule has 1 atom stereocenters. The third-order valence-corrected chi connectivity index (χ3v) is 4.50. The molecule has 3 nitrogen and oxygen atoms in total. The molecule has 2 heterocycles. The highest BCUT2D eigenvalue weighted by atomic mass is 19.4. The summed E-state index contributed by atoms with van der Waals surface area (Å²) in [6, 6.07) is 3.75. The number of alkyl halides is 3. The van der Waals surface area contributed by atoms with Gasteiger partial charge in [-0.3, -0.25) is 4.90 Å². The maximum Gasteiger partial charge on any atom is 0.421 e. The second-order valence-electron chi connectivity index (χ2n) is 6.21. The molecule has 1 aromatic heterocycles. The Morgan fingerprint density at radius 2 is 1.77 bits per heavy atom. The molecule has 0 aliphatic carbocycles. The van der Waals surface area contributed by atoms with Crippen LogP contribution in [0.25, 0.3) is 10.9 Å². The van der Waals surface area contributed by atoms with E-state index in [-0.39, 0.29) is 5.56 Å². The topological polar surface area (TPSA) is 28.4 Å². The van der Waals surface area contributed by atoms with E-state index in [1.807, 2.05) is 20.0 Å². The molecule has 6 heteroatoms. The summed E-state index contributed by atoms with van der Waals surface area (Å²) in [5.74, 6) is 0. The van der Waals surface area contributed by atoms with Gasteiger partial charge in [0.1, 0.15) is 0 Å². The first-order valence-electron chi connectivity index (χ1n) is 7.28. The van der Waals surface area contributed by atoms with E-state index in [0.717, 1.165) is 36.7 Å². The Bertz CT molecular complexity index is 731. The van der Waals surface area contributed by atoms with Crippen molar-refractivity contribution in [3.8, 4) is 0 Å². The zero-order valence-corrected chi connectivity index (χ0v) is 12.8. The van der Waals surface area contributed by atoms with Crippen LogP contribution in [0, 0.1) is 0 Å². The van der Waals surface area contributed by atoms with E-state index in [0.29, 0.717) is 11.9 Å². The first-order valence-corrected chi connectivity index (χ1v) is 7.28. The van der Waals surface area contributed by atoms with Crippen LogP contribution in [0.1, 0.15) is 30.5 Å². The first-order chi connectivity index (χ1) is 10.1. The highest BCUT2D eigenvalue weighted by Gasteiger charge is 2.52. The summed E-state index contributed by atoms with van der Waals surface area (Å²) in [6.07, 6.45) is -3.29. The summed E-state index contributed by atoms with van der Waals surface area (Å²) >= 11 is 0. The summed E-state index contributed by atoms with van der Waals surface area (Å²) in [4.78, 5) is 2.11. The maximum absolute atomic E-state index is 13.2. The summed E-state index contributed by atoms with van der Waals surface area (Å²) in [7, 11) is 1.98. The summed E-state index contributed by atoms with van der Waals surface area (Å²) in [5.41, 5.74) is -0.0147. The molecule has 1 aliphatic heterocycles. The molecule has 0 bridgehead atoms. The Morgan fingerprint density at radius 1 is 1.18 bits per heavy atom. The zero-order chi connectivity index (χ0) is 16.3. The second kappa shape index (κ2) is 4.73. The minimum atomic E-state index is -4.71. The number of aliphatic hydroxyl groups is 1. The molecule has 22 heavy (non-hydrogen) atoms. The number of halogens is 3. The SMILES string of the molecule is CCn1cc(C(C)(O)C(F)(F)F)c2cc3c(cc21)CN(C)C3. The number of hydrogen-bond acceptors (Lipinski definition) is 2.